The molecule has 1 saturated heterocycles. The second-order valence-electron chi connectivity index (χ2n) is 7.54. The third-order valence-electron chi connectivity index (χ3n) is 6.09. The Morgan fingerprint density at radius 3 is 2.40 bits per heavy atom. The molecule has 1 aliphatic carbocycles. The number of rotatable bonds is 3. The van der Waals surface area contributed by atoms with Crippen LogP contribution in [-0.4, -0.2) is 45.8 Å². The van der Waals surface area contributed by atoms with E-state index in [0.29, 0.717) is 46.3 Å². The first-order valence-electron chi connectivity index (χ1n) is 9.67. The minimum atomic E-state index is -1.06. The lowest BCUT2D eigenvalue weighted by atomic mass is 9.76. The first-order chi connectivity index (χ1) is 14.6. The van der Waals surface area contributed by atoms with Gasteiger partial charge in [-0.15, -0.1) is 0 Å². The Morgan fingerprint density at radius 1 is 0.967 bits per heavy atom. The molecule has 0 aromatic heterocycles. The molecule has 2 aromatic rings. The van der Waals surface area contributed by atoms with Crippen LogP contribution in [0.5, 0.6) is 28.7 Å². The van der Waals surface area contributed by atoms with Crippen molar-refractivity contribution >= 4 is 5.97 Å². The molecule has 2 heterocycles. The summed E-state index contributed by atoms with van der Waals surface area (Å²) in [5.74, 6) is 1.30. The number of hydrogen-bond donors (Lipinski definition) is 1. The third-order valence-corrected chi connectivity index (χ3v) is 6.09. The molecule has 3 aliphatic rings. The summed E-state index contributed by atoms with van der Waals surface area (Å²) in [5, 5.41) is 11.3. The van der Waals surface area contributed by atoms with Crippen molar-refractivity contribution in [2.45, 2.75) is 12.5 Å². The summed E-state index contributed by atoms with van der Waals surface area (Å²) in [6.45, 7) is 0.342. The minimum absolute atomic E-state index is 0.0956. The van der Waals surface area contributed by atoms with Crippen molar-refractivity contribution in [3.8, 4) is 39.9 Å². The Labute approximate surface area is 173 Å². The number of esters is 1. The number of methoxy groups -OCH3 is 3. The van der Waals surface area contributed by atoms with Crippen LogP contribution in [0.1, 0.15) is 17.2 Å². The van der Waals surface area contributed by atoms with Crippen LogP contribution in [0.25, 0.3) is 11.1 Å². The Balaban J connectivity index is 1.85. The molecule has 0 bridgehead atoms. The zero-order chi connectivity index (χ0) is 21.0. The normalized spacial score (nSPS) is 23.5. The number of fused-ring (bicyclic) bond motifs is 5. The number of aliphatic hydroxyl groups excluding tert-OH is 1. The number of aliphatic hydroxyl groups is 1. The second kappa shape index (κ2) is 6.98. The van der Waals surface area contributed by atoms with Gasteiger partial charge in [-0.05, 0) is 41.3 Å². The molecule has 2 aliphatic heterocycles. The van der Waals surface area contributed by atoms with Crippen LogP contribution in [0.3, 0.4) is 0 Å². The molecule has 1 fully saturated rings. The predicted molar refractivity (Wildman–Crippen MR) is 104 cm³/mol. The van der Waals surface area contributed by atoms with E-state index < -0.39 is 18.0 Å². The van der Waals surface area contributed by atoms with Crippen molar-refractivity contribution in [1.82, 2.24) is 0 Å². The van der Waals surface area contributed by atoms with Gasteiger partial charge in [-0.1, -0.05) is 0 Å². The Morgan fingerprint density at radius 2 is 1.70 bits per heavy atom. The van der Waals surface area contributed by atoms with E-state index in [1.807, 2.05) is 12.1 Å². The Bertz CT molecular complexity index is 1030. The molecule has 0 radical (unpaired) electrons. The first-order valence-corrected chi connectivity index (χ1v) is 9.67. The quantitative estimate of drug-likeness (QED) is 0.766. The average Bonchev–Trinajstić information content (AvgIpc) is 3.36. The summed E-state index contributed by atoms with van der Waals surface area (Å²) in [5.41, 5.74) is 2.92. The van der Waals surface area contributed by atoms with Crippen LogP contribution in [0.15, 0.2) is 18.2 Å². The summed E-state index contributed by atoms with van der Waals surface area (Å²) in [4.78, 5) is 12.5. The summed E-state index contributed by atoms with van der Waals surface area (Å²) in [7, 11) is 4.67. The highest BCUT2D eigenvalue weighted by Gasteiger charge is 2.46. The van der Waals surface area contributed by atoms with Gasteiger partial charge in [-0.25, -0.2) is 0 Å². The lowest BCUT2D eigenvalue weighted by Gasteiger charge is -2.30. The molecule has 2 aromatic carbocycles. The van der Waals surface area contributed by atoms with Crippen molar-refractivity contribution in [1.29, 1.82) is 0 Å². The second-order valence-corrected chi connectivity index (χ2v) is 7.54. The van der Waals surface area contributed by atoms with Crippen molar-refractivity contribution in [3.05, 3.63) is 29.3 Å². The van der Waals surface area contributed by atoms with Crippen LogP contribution in [0, 0.1) is 11.8 Å². The topological polar surface area (TPSA) is 92.7 Å². The maximum absolute atomic E-state index is 12.5. The van der Waals surface area contributed by atoms with Gasteiger partial charge in [0.2, 0.25) is 12.5 Å². The Kier molecular flexibility index (Phi) is 4.39. The van der Waals surface area contributed by atoms with Gasteiger partial charge in [-0.2, -0.15) is 0 Å². The largest absolute Gasteiger partial charge is 0.493 e. The van der Waals surface area contributed by atoms with Crippen molar-refractivity contribution in [2.24, 2.45) is 11.8 Å². The summed E-state index contributed by atoms with van der Waals surface area (Å²) < 4.78 is 33.3. The maximum atomic E-state index is 12.5. The van der Waals surface area contributed by atoms with Gasteiger partial charge in [0.25, 0.3) is 0 Å². The highest BCUT2D eigenvalue weighted by molar-refractivity contribution is 5.85. The SMILES string of the molecule is COc1cc2c(c(OC)c1OC)-c1cc3c(cc1[C@H](O)[C@@H]1C(=O)OC[C@@H]1C2)OCO3. The molecule has 158 valence electrons. The zero-order valence-corrected chi connectivity index (χ0v) is 16.9. The van der Waals surface area contributed by atoms with E-state index in [9.17, 15) is 9.90 Å². The van der Waals surface area contributed by atoms with Crippen LogP contribution >= 0.6 is 0 Å². The molecule has 8 nitrogen and oxygen atoms in total. The van der Waals surface area contributed by atoms with Gasteiger partial charge >= 0.3 is 5.97 Å². The molecular weight excluding hydrogens is 392 g/mol. The summed E-state index contributed by atoms with van der Waals surface area (Å²) in [6.07, 6.45) is -0.548. The lowest BCUT2D eigenvalue weighted by Crippen LogP contribution is -2.27. The molecule has 3 atom stereocenters. The summed E-state index contributed by atoms with van der Waals surface area (Å²) >= 11 is 0. The number of cyclic esters (lactones) is 1. The van der Waals surface area contributed by atoms with E-state index in [0.717, 1.165) is 11.1 Å². The van der Waals surface area contributed by atoms with Gasteiger partial charge in [0.1, 0.15) is 0 Å². The third kappa shape index (κ3) is 2.60. The predicted octanol–water partition coefficient (Wildman–Crippen LogP) is 2.49. The molecule has 0 saturated carbocycles. The van der Waals surface area contributed by atoms with Gasteiger partial charge in [0.05, 0.1) is 40.0 Å². The fraction of sp³-hybridized carbons (Fsp3) is 0.409. The van der Waals surface area contributed by atoms with E-state index in [1.54, 1.807) is 27.4 Å². The smallest absolute Gasteiger partial charge is 0.312 e. The molecule has 5 rings (SSSR count). The maximum Gasteiger partial charge on any atom is 0.312 e. The fourth-order valence-electron chi connectivity index (χ4n) is 4.71. The van der Waals surface area contributed by atoms with Crippen molar-refractivity contribution in [3.63, 3.8) is 0 Å². The monoisotopic (exact) mass is 414 g/mol. The minimum Gasteiger partial charge on any atom is -0.493 e. The fourth-order valence-corrected chi connectivity index (χ4v) is 4.71. The standard InChI is InChI=1S/C22H22O8/c1-25-16-5-10-4-11-8-28-22(24)18(11)19(23)13-7-15-14(29-9-30-15)6-12(13)17(10)21(27-3)20(16)26-2/h5-7,11,18-19,23H,4,8-9H2,1-3H3/t11-,18+,19-/m0/s1. The number of carbonyl (C=O) groups excluding carboxylic acids is 1. The van der Waals surface area contributed by atoms with Gasteiger partial charge in [-0.3, -0.25) is 4.79 Å². The Hall–Kier alpha value is -3.13. The van der Waals surface area contributed by atoms with Crippen molar-refractivity contribution in [2.75, 3.05) is 34.7 Å². The lowest BCUT2D eigenvalue weighted by molar-refractivity contribution is -0.144. The van der Waals surface area contributed by atoms with Crippen molar-refractivity contribution < 1.29 is 38.3 Å². The zero-order valence-electron chi connectivity index (χ0n) is 16.9. The van der Waals surface area contributed by atoms with Crippen LogP contribution < -0.4 is 23.7 Å². The van der Waals surface area contributed by atoms with E-state index in [-0.39, 0.29) is 19.3 Å². The molecule has 8 heteroatoms. The molecule has 0 spiro atoms. The van der Waals surface area contributed by atoms with Gasteiger partial charge in [0.15, 0.2) is 23.0 Å². The molecule has 30 heavy (non-hydrogen) atoms. The van der Waals surface area contributed by atoms with Crippen LogP contribution in [0.4, 0.5) is 0 Å². The van der Waals surface area contributed by atoms with Gasteiger partial charge in [0, 0.05) is 11.5 Å². The number of hydrogen-bond acceptors (Lipinski definition) is 8. The highest BCUT2D eigenvalue weighted by Crippen LogP contribution is 2.54. The average molecular weight is 414 g/mol. The van der Waals surface area contributed by atoms with Crippen LogP contribution in [0.2, 0.25) is 0 Å². The van der Waals surface area contributed by atoms with E-state index in [4.69, 9.17) is 28.4 Å². The molecule has 0 amide bonds. The first kappa shape index (κ1) is 18.9. The number of carbonyl (C=O) groups is 1. The van der Waals surface area contributed by atoms with Crippen LogP contribution in [-0.2, 0) is 16.0 Å². The molecule has 1 N–H and O–H groups in total. The number of benzene rings is 2. The molecular formula is C22H22O8. The number of ether oxygens (including phenoxy) is 6. The van der Waals surface area contributed by atoms with E-state index >= 15 is 0 Å². The molecule has 0 unspecified atom stereocenters. The van der Waals surface area contributed by atoms with E-state index in [1.165, 1.54) is 0 Å². The van der Waals surface area contributed by atoms with E-state index in [2.05, 4.69) is 0 Å². The highest BCUT2D eigenvalue weighted by atomic mass is 16.7. The van der Waals surface area contributed by atoms with Gasteiger partial charge < -0.3 is 33.5 Å². The summed E-state index contributed by atoms with van der Waals surface area (Å²) in [6, 6.07) is 5.44.